The first-order valence-corrected chi connectivity index (χ1v) is 7.51. The van der Waals surface area contributed by atoms with Crippen LogP contribution in [0.4, 0.5) is 0 Å². The number of halogens is 1. The van der Waals surface area contributed by atoms with E-state index >= 15 is 0 Å². The number of sulfonamides is 1. The Morgan fingerprint density at radius 2 is 2.05 bits per heavy atom. The van der Waals surface area contributed by atoms with Crippen molar-refractivity contribution in [1.29, 1.82) is 0 Å². The molecule has 0 spiro atoms. The van der Waals surface area contributed by atoms with Crippen molar-refractivity contribution in [2.45, 2.75) is 31.2 Å². The summed E-state index contributed by atoms with van der Waals surface area (Å²) in [6.07, 6.45) is 0.185. The van der Waals surface area contributed by atoms with Crippen molar-refractivity contribution >= 4 is 27.6 Å². The topological polar surface area (TPSA) is 74.7 Å². The molecule has 0 amide bonds. The van der Waals surface area contributed by atoms with Crippen LogP contribution < -0.4 is 0 Å². The van der Waals surface area contributed by atoms with Gasteiger partial charge >= 0.3 is 5.97 Å². The molecule has 0 aliphatic heterocycles. The van der Waals surface area contributed by atoms with E-state index < -0.39 is 22.0 Å². The highest BCUT2D eigenvalue weighted by molar-refractivity contribution is 7.89. The Labute approximate surface area is 117 Å². The molecule has 19 heavy (non-hydrogen) atoms. The molecule has 0 bridgehead atoms. The van der Waals surface area contributed by atoms with E-state index in [9.17, 15) is 13.2 Å². The number of rotatable bonds is 5. The fourth-order valence-corrected chi connectivity index (χ4v) is 3.64. The molecule has 5 nitrogen and oxygen atoms in total. The van der Waals surface area contributed by atoms with E-state index in [0.29, 0.717) is 10.6 Å². The molecule has 1 N–H and O–H groups in total. The van der Waals surface area contributed by atoms with Crippen LogP contribution in [0, 0.1) is 6.92 Å². The van der Waals surface area contributed by atoms with Crippen LogP contribution >= 0.6 is 11.6 Å². The van der Waals surface area contributed by atoms with E-state index in [1.807, 2.05) is 0 Å². The van der Waals surface area contributed by atoms with Gasteiger partial charge in [0.1, 0.15) is 6.04 Å². The summed E-state index contributed by atoms with van der Waals surface area (Å²) >= 11 is 5.90. The lowest BCUT2D eigenvalue weighted by atomic mass is 10.2. The molecule has 106 valence electrons. The zero-order valence-electron chi connectivity index (χ0n) is 10.9. The van der Waals surface area contributed by atoms with Gasteiger partial charge in [0, 0.05) is 12.1 Å². The molecule has 0 fully saturated rings. The number of aliphatic carboxylic acids is 1. The maximum atomic E-state index is 12.4. The van der Waals surface area contributed by atoms with Gasteiger partial charge in [-0.1, -0.05) is 24.6 Å². The quantitative estimate of drug-likeness (QED) is 0.904. The second kappa shape index (κ2) is 5.90. The summed E-state index contributed by atoms with van der Waals surface area (Å²) in [5.41, 5.74) is 0.413. The molecule has 1 rings (SSSR count). The van der Waals surface area contributed by atoms with Crippen molar-refractivity contribution in [2.24, 2.45) is 0 Å². The first-order valence-electron chi connectivity index (χ1n) is 5.69. The highest BCUT2D eigenvalue weighted by Gasteiger charge is 2.32. The van der Waals surface area contributed by atoms with Crippen LogP contribution in [0.15, 0.2) is 23.1 Å². The summed E-state index contributed by atoms with van der Waals surface area (Å²) in [5.74, 6) is -1.17. The van der Waals surface area contributed by atoms with Crippen molar-refractivity contribution < 1.29 is 18.3 Å². The van der Waals surface area contributed by atoms with Gasteiger partial charge in [-0.2, -0.15) is 4.31 Å². The van der Waals surface area contributed by atoms with E-state index in [1.165, 1.54) is 19.2 Å². The molecular formula is C12H16ClNO4S. The maximum Gasteiger partial charge on any atom is 0.321 e. The molecule has 7 heteroatoms. The summed E-state index contributed by atoms with van der Waals surface area (Å²) < 4.78 is 25.7. The van der Waals surface area contributed by atoms with Crippen LogP contribution in [0.1, 0.15) is 18.9 Å². The zero-order valence-corrected chi connectivity index (χ0v) is 12.5. The molecule has 1 aromatic rings. The van der Waals surface area contributed by atoms with E-state index in [2.05, 4.69) is 0 Å². The lowest BCUT2D eigenvalue weighted by Gasteiger charge is -2.24. The summed E-state index contributed by atoms with van der Waals surface area (Å²) in [7, 11) is -2.62. The minimum atomic E-state index is -3.88. The average molecular weight is 306 g/mol. The lowest BCUT2D eigenvalue weighted by molar-refractivity contribution is -0.141. The molecule has 1 aromatic carbocycles. The Balaban J connectivity index is 3.31. The normalized spacial score (nSPS) is 13.5. The Hall–Kier alpha value is -1.11. The number of likely N-dealkylation sites (N-methyl/N-ethyl adjacent to an activating group) is 1. The minimum Gasteiger partial charge on any atom is -0.480 e. The summed E-state index contributed by atoms with van der Waals surface area (Å²) in [4.78, 5) is 11.1. The van der Waals surface area contributed by atoms with Gasteiger partial charge in [-0.05, 0) is 31.0 Å². The SMILES string of the molecule is CCC(C(=O)O)N(C)S(=O)(=O)c1cccc(Cl)c1C. The van der Waals surface area contributed by atoms with Gasteiger partial charge in [0.05, 0.1) is 4.90 Å². The predicted molar refractivity (Wildman–Crippen MR) is 72.9 cm³/mol. The Morgan fingerprint density at radius 3 is 2.53 bits per heavy atom. The summed E-state index contributed by atoms with van der Waals surface area (Å²) in [6.45, 7) is 3.21. The lowest BCUT2D eigenvalue weighted by Crippen LogP contribution is -2.42. The van der Waals surface area contributed by atoms with Crippen molar-refractivity contribution in [3.63, 3.8) is 0 Å². The van der Waals surface area contributed by atoms with Crippen LogP contribution in [0.3, 0.4) is 0 Å². The van der Waals surface area contributed by atoms with Crippen LogP contribution in [0.2, 0.25) is 5.02 Å². The number of carbonyl (C=O) groups is 1. The maximum absolute atomic E-state index is 12.4. The molecule has 0 saturated carbocycles. The Morgan fingerprint density at radius 1 is 1.47 bits per heavy atom. The molecule has 0 aliphatic carbocycles. The van der Waals surface area contributed by atoms with Crippen LogP contribution in [-0.2, 0) is 14.8 Å². The van der Waals surface area contributed by atoms with Gasteiger partial charge in [-0.3, -0.25) is 4.79 Å². The van der Waals surface area contributed by atoms with E-state index in [-0.39, 0.29) is 11.3 Å². The number of carboxylic acids is 1. The minimum absolute atomic E-state index is 0.0298. The highest BCUT2D eigenvalue weighted by Crippen LogP contribution is 2.26. The Bertz CT molecular complexity index is 585. The van der Waals surface area contributed by atoms with E-state index in [4.69, 9.17) is 16.7 Å². The van der Waals surface area contributed by atoms with Gasteiger partial charge in [0.2, 0.25) is 10.0 Å². The zero-order chi connectivity index (χ0) is 14.8. The monoisotopic (exact) mass is 305 g/mol. The molecule has 0 saturated heterocycles. The Kier molecular flexibility index (Phi) is 4.95. The van der Waals surface area contributed by atoms with Crippen LogP contribution in [0.25, 0.3) is 0 Å². The van der Waals surface area contributed by atoms with E-state index in [1.54, 1.807) is 19.9 Å². The third-order valence-corrected chi connectivity index (χ3v) is 5.41. The fraction of sp³-hybridized carbons (Fsp3) is 0.417. The average Bonchev–Trinajstić information content (AvgIpc) is 2.32. The number of hydrogen-bond donors (Lipinski definition) is 1. The second-order valence-corrected chi connectivity index (χ2v) is 6.52. The predicted octanol–water partition coefficient (Wildman–Crippen LogP) is 2.13. The molecule has 1 unspecified atom stereocenters. The fourth-order valence-electron chi connectivity index (χ4n) is 1.78. The van der Waals surface area contributed by atoms with Gasteiger partial charge in [-0.15, -0.1) is 0 Å². The molecule has 1 atom stereocenters. The van der Waals surface area contributed by atoms with Crippen LogP contribution in [-0.4, -0.2) is 36.9 Å². The second-order valence-electron chi connectivity index (χ2n) is 4.15. The summed E-state index contributed by atoms with van der Waals surface area (Å²) in [6, 6.07) is 3.44. The van der Waals surface area contributed by atoms with Gasteiger partial charge in [0.25, 0.3) is 0 Å². The molecule has 0 heterocycles. The van der Waals surface area contributed by atoms with Crippen molar-refractivity contribution in [3.8, 4) is 0 Å². The number of nitrogens with zero attached hydrogens (tertiary/aromatic N) is 1. The first-order chi connectivity index (χ1) is 8.73. The number of hydrogen-bond acceptors (Lipinski definition) is 3. The van der Waals surface area contributed by atoms with E-state index in [0.717, 1.165) is 4.31 Å². The first kappa shape index (κ1) is 15.9. The highest BCUT2D eigenvalue weighted by atomic mass is 35.5. The third-order valence-electron chi connectivity index (χ3n) is 2.99. The number of benzene rings is 1. The molecule has 0 aliphatic rings. The van der Waals surface area contributed by atoms with Crippen molar-refractivity contribution in [2.75, 3.05) is 7.05 Å². The van der Waals surface area contributed by atoms with Crippen molar-refractivity contribution in [1.82, 2.24) is 4.31 Å². The standard InChI is InChI=1S/C12H16ClNO4S/c1-4-10(12(15)16)14(3)19(17,18)11-7-5-6-9(13)8(11)2/h5-7,10H,4H2,1-3H3,(H,15,16). The van der Waals surface area contributed by atoms with Crippen LogP contribution in [0.5, 0.6) is 0 Å². The summed E-state index contributed by atoms with van der Waals surface area (Å²) in [5, 5.41) is 9.38. The molecular weight excluding hydrogens is 290 g/mol. The van der Waals surface area contributed by atoms with Crippen molar-refractivity contribution in [3.05, 3.63) is 28.8 Å². The van der Waals surface area contributed by atoms with Gasteiger partial charge in [0.15, 0.2) is 0 Å². The smallest absolute Gasteiger partial charge is 0.321 e. The number of carboxylic acid groups (broad SMARTS) is 1. The molecule has 0 aromatic heterocycles. The van der Waals surface area contributed by atoms with Gasteiger partial charge in [-0.25, -0.2) is 8.42 Å². The largest absolute Gasteiger partial charge is 0.480 e. The molecule has 0 radical (unpaired) electrons. The third kappa shape index (κ3) is 3.08. The van der Waals surface area contributed by atoms with Gasteiger partial charge < -0.3 is 5.11 Å².